The smallest absolute Gasteiger partial charge is 0.226 e. The van der Waals surface area contributed by atoms with Gasteiger partial charge in [0.15, 0.2) is 0 Å². The third-order valence-corrected chi connectivity index (χ3v) is 1.85. The summed E-state index contributed by atoms with van der Waals surface area (Å²) in [6.07, 6.45) is 7.98. The molecule has 0 atom stereocenters. The second-order valence-electron chi connectivity index (χ2n) is 2.86. The van der Waals surface area contributed by atoms with Gasteiger partial charge in [-0.3, -0.25) is 4.79 Å². The highest BCUT2D eigenvalue weighted by Gasteiger charge is 2.16. The lowest BCUT2D eigenvalue weighted by molar-refractivity contribution is -0.125. The minimum absolute atomic E-state index is 0.275. The minimum atomic E-state index is 0.275. The summed E-state index contributed by atoms with van der Waals surface area (Å²) in [6.45, 7) is 3.05. The normalized spacial score (nSPS) is 18.6. The molecule has 0 saturated carbocycles. The molecule has 0 spiro atoms. The van der Waals surface area contributed by atoms with Gasteiger partial charge in [-0.05, 0) is 12.8 Å². The van der Waals surface area contributed by atoms with E-state index in [4.69, 9.17) is 0 Å². The monoisotopic (exact) mass is 153 g/mol. The van der Waals surface area contributed by atoms with Gasteiger partial charge >= 0.3 is 0 Å². The first-order valence-corrected chi connectivity index (χ1v) is 4.30. The van der Waals surface area contributed by atoms with Crippen molar-refractivity contribution in [1.29, 1.82) is 0 Å². The summed E-state index contributed by atoms with van der Waals surface area (Å²) >= 11 is 0. The Kier molecular flexibility index (Phi) is 3.14. The fourth-order valence-electron chi connectivity index (χ4n) is 1.20. The van der Waals surface area contributed by atoms with Gasteiger partial charge in [0.2, 0.25) is 5.91 Å². The lowest BCUT2D eigenvalue weighted by Crippen LogP contribution is -2.17. The molecule has 0 aromatic heterocycles. The summed E-state index contributed by atoms with van der Waals surface area (Å²) in [6, 6.07) is 0. The molecule has 2 heteroatoms. The first kappa shape index (κ1) is 8.31. The van der Waals surface area contributed by atoms with Gasteiger partial charge in [0.1, 0.15) is 0 Å². The molecule has 0 aromatic carbocycles. The van der Waals surface area contributed by atoms with Crippen LogP contribution in [0.2, 0.25) is 0 Å². The molecule has 0 radical (unpaired) electrons. The van der Waals surface area contributed by atoms with Crippen molar-refractivity contribution in [3.05, 3.63) is 12.3 Å². The van der Waals surface area contributed by atoms with E-state index in [1.807, 2.05) is 11.1 Å². The number of nitrogens with zero attached hydrogens (tertiary/aromatic N) is 1. The first-order valence-electron chi connectivity index (χ1n) is 4.30. The van der Waals surface area contributed by atoms with Crippen molar-refractivity contribution in [1.82, 2.24) is 4.90 Å². The highest BCUT2D eigenvalue weighted by molar-refractivity contribution is 5.79. The highest BCUT2D eigenvalue weighted by atomic mass is 16.2. The molecule has 1 heterocycles. The van der Waals surface area contributed by atoms with Crippen molar-refractivity contribution in [2.24, 2.45) is 0 Å². The van der Waals surface area contributed by atoms with Crippen LogP contribution in [-0.2, 0) is 4.79 Å². The van der Waals surface area contributed by atoms with Gasteiger partial charge in [0.25, 0.3) is 0 Å². The average Bonchev–Trinajstić information content (AvgIpc) is 2.37. The number of rotatable bonds is 3. The summed E-state index contributed by atoms with van der Waals surface area (Å²) in [5.41, 5.74) is 0. The molecule has 0 unspecified atom stereocenters. The van der Waals surface area contributed by atoms with Gasteiger partial charge in [-0.15, -0.1) is 0 Å². The van der Waals surface area contributed by atoms with E-state index in [-0.39, 0.29) is 5.91 Å². The summed E-state index contributed by atoms with van der Waals surface area (Å²) in [4.78, 5) is 12.9. The molecular formula is C9H15NO. The van der Waals surface area contributed by atoms with E-state index in [1.54, 1.807) is 0 Å². The van der Waals surface area contributed by atoms with Crippen LogP contribution in [0.3, 0.4) is 0 Å². The van der Waals surface area contributed by atoms with Crippen LogP contribution < -0.4 is 0 Å². The van der Waals surface area contributed by atoms with E-state index in [0.29, 0.717) is 0 Å². The Morgan fingerprint density at radius 1 is 1.64 bits per heavy atom. The molecule has 1 saturated heterocycles. The van der Waals surface area contributed by atoms with Crippen LogP contribution in [-0.4, -0.2) is 17.4 Å². The fraction of sp³-hybridized carbons (Fsp3) is 0.667. The lowest BCUT2D eigenvalue weighted by Gasteiger charge is -2.07. The topological polar surface area (TPSA) is 20.3 Å². The zero-order valence-corrected chi connectivity index (χ0v) is 7.05. The third kappa shape index (κ3) is 2.37. The van der Waals surface area contributed by atoms with Crippen molar-refractivity contribution in [2.75, 3.05) is 6.54 Å². The largest absolute Gasteiger partial charge is 0.319 e. The molecule has 11 heavy (non-hydrogen) atoms. The molecular weight excluding hydrogens is 138 g/mol. The van der Waals surface area contributed by atoms with Gasteiger partial charge in [0.05, 0.1) is 0 Å². The van der Waals surface area contributed by atoms with Gasteiger partial charge in [-0.2, -0.15) is 0 Å². The van der Waals surface area contributed by atoms with Gasteiger partial charge in [-0.25, -0.2) is 0 Å². The Morgan fingerprint density at radius 2 is 2.45 bits per heavy atom. The van der Waals surface area contributed by atoms with Crippen molar-refractivity contribution < 1.29 is 4.79 Å². The maximum atomic E-state index is 11.0. The second-order valence-corrected chi connectivity index (χ2v) is 2.86. The molecule has 0 N–H and O–H groups in total. The summed E-state index contributed by atoms with van der Waals surface area (Å²) in [5, 5.41) is 0. The molecule has 0 aliphatic carbocycles. The first-order chi connectivity index (χ1) is 5.34. The minimum Gasteiger partial charge on any atom is -0.319 e. The maximum absolute atomic E-state index is 11.0. The van der Waals surface area contributed by atoms with Crippen LogP contribution in [0.15, 0.2) is 12.3 Å². The van der Waals surface area contributed by atoms with E-state index >= 15 is 0 Å². The summed E-state index contributed by atoms with van der Waals surface area (Å²) in [5.74, 6) is 0.275. The van der Waals surface area contributed by atoms with Gasteiger partial charge < -0.3 is 4.90 Å². The molecule has 1 aliphatic rings. The Hall–Kier alpha value is -0.790. The Bertz CT molecular complexity index is 163. The molecule has 1 aliphatic heterocycles. The quantitative estimate of drug-likeness (QED) is 0.606. The van der Waals surface area contributed by atoms with E-state index in [2.05, 4.69) is 13.0 Å². The Morgan fingerprint density at radius 3 is 3.00 bits per heavy atom. The van der Waals surface area contributed by atoms with Gasteiger partial charge in [-0.1, -0.05) is 19.4 Å². The number of unbranched alkanes of at least 4 members (excludes halogenated alkanes) is 1. The van der Waals surface area contributed by atoms with E-state index in [0.717, 1.165) is 32.2 Å². The number of carbonyl (C=O) groups excluding carboxylic acids is 1. The molecule has 62 valence electrons. The van der Waals surface area contributed by atoms with Crippen LogP contribution in [0.4, 0.5) is 0 Å². The SMILES string of the molecule is CCCC=CN1CCCC1=O. The number of hydrogen-bond donors (Lipinski definition) is 0. The van der Waals surface area contributed by atoms with Crippen LogP contribution in [0.5, 0.6) is 0 Å². The van der Waals surface area contributed by atoms with E-state index in [1.165, 1.54) is 0 Å². The Labute approximate surface area is 67.9 Å². The predicted octanol–water partition coefficient (Wildman–Crippen LogP) is 1.92. The van der Waals surface area contributed by atoms with E-state index < -0.39 is 0 Å². The predicted molar refractivity (Wildman–Crippen MR) is 45.0 cm³/mol. The molecule has 0 aromatic rings. The molecule has 0 bridgehead atoms. The lowest BCUT2D eigenvalue weighted by atomic mass is 10.3. The second kappa shape index (κ2) is 4.16. The van der Waals surface area contributed by atoms with E-state index in [9.17, 15) is 4.79 Å². The number of hydrogen-bond acceptors (Lipinski definition) is 1. The molecule has 2 nitrogen and oxygen atoms in total. The Balaban J connectivity index is 2.30. The number of allylic oxidation sites excluding steroid dienone is 1. The maximum Gasteiger partial charge on any atom is 0.226 e. The zero-order valence-electron chi connectivity index (χ0n) is 7.05. The summed E-state index contributed by atoms with van der Waals surface area (Å²) < 4.78 is 0. The number of carbonyl (C=O) groups is 1. The average molecular weight is 153 g/mol. The zero-order chi connectivity index (χ0) is 8.10. The van der Waals surface area contributed by atoms with Gasteiger partial charge in [0, 0.05) is 19.2 Å². The number of likely N-dealkylation sites (tertiary alicyclic amines) is 1. The van der Waals surface area contributed by atoms with Crippen LogP contribution >= 0.6 is 0 Å². The third-order valence-electron chi connectivity index (χ3n) is 1.85. The van der Waals surface area contributed by atoms with Crippen molar-refractivity contribution >= 4 is 5.91 Å². The summed E-state index contributed by atoms with van der Waals surface area (Å²) in [7, 11) is 0. The molecule has 1 amide bonds. The van der Waals surface area contributed by atoms with Crippen molar-refractivity contribution in [3.63, 3.8) is 0 Å². The van der Waals surface area contributed by atoms with Crippen LogP contribution in [0.25, 0.3) is 0 Å². The van der Waals surface area contributed by atoms with Crippen molar-refractivity contribution in [2.45, 2.75) is 32.6 Å². The van der Waals surface area contributed by atoms with Crippen LogP contribution in [0.1, 0.15) is 32.6 Å². The molecule has 1 rings (SSSR count). The molecule has 1 fully saturated rings. The van der Waals surface area contributed by atoms with Crippen LogP contribution in [0, 0.1) is 0 Å². The van der Waals surface area contributed by atoms with Crippen molar-refractivity contribution in [3.8, 4) is 0 Å². The highest BCUT2D eigenvalue weighted by Crippen LogP contribution is 2.09. The standard InChI is InChI=1S/C9H15NO/c1-2-3-4-7-10-8-5-6-9(10)11/h4,7H,2-3,5-6,8H2,1H3. The number of amides is 1. The fourth-order valence-corrected chi connectivity index (χ4v) is 1.20.